The Morgan fingerprint density at radius 1 is 0.923 bits per heavy atom. The monoisotopic (exact) mass is 360 g/mol. The molecule has 0 radical (unpaired) electrons. The van der Waals surface area contributed by atoms with Crippen LogP contribution in [-0.2, 0) is 16.1 Å². The van der Waals surface area contributed by atoms with Crippen LogP contribution in [0.15, 0.2) is 33.5 Å². The van der Waals surface area contributed by atoms with E-state index in [1.54, 1.807) is 19.2 Å². The first kappa shape index (κ1) is 18.0. The van der Waals surface area contributed by atoms with Crippen LogP contribution in [0, 0.1) is 0 Å². The molecule has 138 valence electrons. The van der Waals surface area contributed by atoms with Gasteiger partial charge in [0.1, 0.15) is 12.4 Å². The van der Waals surface area contributed by atoms with Crippen LogP contribution in [0.1, 0.15) is 5.56 Å². The van der Waals surface area contributed by atoms with Gasteiger partial charge in [0.15, 0.2) is 11.5 Å². The highest BCUT2D eigenvalue weighted by atomic mass is 16.7. The third kappa shape index (κ3) is 3.07. The lowest BCUT2D eigenvalue weighted by molar-refractivity contribution is -0.0390. The number of fused-ring (bicyclic) bond motifs is 3. The van der Waals surface area contributed by atoms with Crippen LogP contribution in [0.5, 0.6) is 17.2 Å². The highest BCUT2D eigenvalue weighted by Crippen LogP contribution is 2.44. The Morgan fingerprint density at radius 3 is 2.35 bits per heavy atom. The molecule has 2 aromatic carbocycles. The van der Waals surface area contributed by atoms with Gasteiger partial charge >= 0.3 is 5.63 Å². The van der Waals surface area contributed by atoms with Crippen molar-refractivity contribution in [2.45, 2.75) is 6.61 Å². The first-order chi connectivity index (χ1) is 12.6. The van der Waals surface area contributed by atoms with Gasteiger partial charge in [-0.15, -0.1) is 0 Å². The van der Waals surface area contributed by atoms with E-state index in [1.807, 2.05) is 12.1 Å². The first-order valence-corrected chi connectivity index (χ1v) is 7.89. The number of benzene rings is 2. The van der Waals surface area contributed by atoms with Gasteiger partial charge in [0.25, 0.3) is 0 Å². The van der Waals surface area contributed by atoms with Crippen molar-refractivity contribution in [3.05, 3.63) is 40.2 Å². The normalized spacial score (nSPS) is 11.1. The lowest BCUT2D eigenvalue weighted by atomic mass is 10.0. The number of hydrogen-bond acceptors (Lipinski definition) is 7. The third-order valence-corrected chi connectivity index (χ3v) is 4.04. The second-order valence-electron chi connectivity index (χ2n) is 5.54. The summed E-state index contributed by atoms with van der Waals surface area (Å²) in [5, 5.41) is 1.70. The maximum atomic E-state index is 12.5. The summed E-state index contributed by atoms with van der Waals surface area (Å²) in [6, 6.07) is 7.12. The zero-order valence-electron chi connectivity index (χ0n) is 15.1. The molecule has 0 saturated carbocycles. The first-order valence-electron chi connectivity index (χ1n) is 7.89. The highest BCUT2D eigenvalue weighted by Gasteiger charge is 2.21. The molecule has 0 unspecified atom stereocenters. The van der Waals surface area contributed by atoms with E-state index in [1.165, 1.54) is 21.3 Å². The predicted octanol–water partition coefficient (Wildman–Crippen LogP) is 3.09. The molecule has 3 rings (SSSR count). The molecule has 1 heterocycles. The van der Waals surface area contributed by atoms with Gasteiger partial charge in [-0.1, -0.05) is 12.1 Å². The Balaban J connectivity index is 2.29. The van der Waals surface area contributed by atoms with E-state index in [0.29, 0.717) is 40.2 Å². The van der Waals surface area contributed by atoms with Gasteiger partial charge in [-0.05, 0) is 17.7 Å². The summed E-state index contributed by atoms with van der Waals surface area (Å²) in [6.07, 6.45) is 0. The van der Waals surface area contributed by atoms with Gasteiger partial charge in [-0.2, -0.15) is 0 Å². The Morgan fingerprint density at radius 2 is 1.69 bits per heavy atom. The van der Waals surface area contributed by atoms with E-state index in [4.69, 9.17) is 28.1 Å². The van der Waals surface area contributed by atoms with Crippen molar-refractivity contribution in [1.29, 1.82) is 0 Å². The molecule has 0 aliphatic carbocycles. The fourth-order valence-electron chi connectivity index (χ4n) is 2.93. The van der Waals surface area contributed by atoms with Crippen molar-refractivity contribution in [1.82, 2.24) is 0 Å². The van der Waals surface area contributed by atoms with Crippen molar-refractivity contribution in [2.24, 2.45) is 0 Å². The number of ether oxygens (including phenoxy) is 5. The summed E-state index contributed by atoms with van der Waals surface area (Å²) in [5.74, 6) is 1.23. The molecule has 0 aliphatic rings. The van der Waals surface area contributed by atoms with E-state index in [2.05, 4.69) is 0 Å². The van der Waals surface area contributed by atoms with E-state index in [-0.39, 0.29) is 6.79 Å². The molecular formula is C19H20O7. The third-order valence-electron chi connectivity index (χ3n) is 4.04. The highest BCUT2D eigenvalue weighted by molar-refractivity contribution is 6.09. The molecule has 0 aliphatic heterocycles. The second kappa shape index (κ2) is 7.63. The molecule has 7 nitrogen and oxygen atoms in total. The van der Waals surface area contributed by atoms with Gasteiger partial charge in [0.05, 0.1) is 33.3 Å². The van der Waals surface area contributed by atoms with Crippen molar-refractivity contribution in [3.8, 4) is 17.2 Å². The average Bonchev–Trinajstić information content (AvgIpc) is 2.66. The van der Waals surface area contributed by atoms with Crippen LogP contribution in [0.25, 0.3) is 21.7 Å². The second-order valence-corrected chi connectivity index (χ2v) is 5.54. The van der Waals surface area contributed by atoms with E-state index in [0.717, 1.165) is 10.9 Å². The van der Waals surface area contributed by atoms with Gasteiger partial charge in [0.2, 0.25) is 5.75 Å². The summed E-state index contributed by atoms with van der Waals surface area (Å²) in [4.78, 5) is 12.5. The molecule has 0 amide bonds. The summed E-state index contributed by atoms with van der Waals surface area (Å²) >= 11 is 0. The van der Waals surface area contributed by atoms with Gasteiger partial charge < -0.3 is 28.1 Å². The molecule has 3 aromatic rings. The predicted molar refractivity (Wildman–Crippen MR) is 96.3 cm³/mol. The number of rotatable bonds is 7. The Hall–Kier alpha value is -2.77. The van der Waals surface area contributed by atoms with Crippen molar-refractivity contribution in [3.63, 3.8) is 0 Å². The minimum absolute atomic E-state index is 0.185. The van der Waals surface area contributed by atoms with Crippen LogP contribution in [-0.4, -0.2) is 35.2 Å². The molecule has 7 heteroatoms. The molecule has 26 heavy (non-hydrogen) atoms. The van der Waals surface area contributed by atoms with Crippen LogP contribution in [0.4, 0.5) is 0 Å². The van der Waals surface area contributed by atoms with Crippen molar-refractivity contribution < 1.29 is 28.1 Å². The summed E-state index contributed by atoms with van der Waals surface area (Å²) in [7, 11) is 6.09. The molecule has 0 bridgehead atoms. The van der Waals surface area contributed by atoms with E-state index >= 15 is 0 Å². The number of methoxy groups -OCH3 is 4. The molecule has 1 aromatic heterocycles. The van der Waals surface area contributed by atoms with Gasteiger partial charge in [-0.25, -0.2) is 4.79 Å². The van der Waals surface area contributed by atoms with Gasteiger partial charge in [-0.3, -0.25) is 0 Å². The smallest absolute Gasteiger partial charge is 0.344 e. The van der Waals surface area contributed by atoms with E-state index < -0.39 is 5.63 Å². The van der Waals surface area contributed by atoms with Crippen molar-refractivity contribution in [2.75, 3.05) is 35.2 Å². The summed E-state index contributed by atoms with van der Waals surface area (Å²) < 4.78 is 32.0. The Bertz CT molecular complexity index is 991. The van der Waals surface area contributed by atoms with Gasteiger partial charge in [0, 0.05) is 17.9 Å². The topological polar surface area (TPSA) is 76.4 Å². The largest absolute Gasteiger partial charge is 0.493 e. The van der Waals surface area contributed by atoms with E-state index in [9.17, 15) is 4.79 Å². The lowest BCUT2D eigenvalue weighted by Gasteiger charge is -2.15. The Labute approximate surface area is 150 Å². The maximum absolute atomic E-state index is 12.5. The maximum Gasteiger partial charge on any atom is 0.344 e. The van der Waals surface area contributed by atoms with Crippen molar-refractivity contribution >= 4 is 21.7 Å². The average molecular weight is 360 g/mol. The standard InChI is InChI=1S/C19H20O7/c1-21-10-25-9-11-5-6-12-14(7-11)26-19(20)13-8-15(22-2)17(23-3)18(24-4)16(12)13/h5-8H,9-10H2,1-4H3. The zero-order valence-corrected chi connectivity index (χ0v) is 15.1. The molecule has 0 saturated heterocycles. The lowest BCUT2D eigenvalue weighted by Crippen LogP contribution is -2.04. The molecule has 0 N–H and O–H groups in total. The SMILES string of the molecule is COCOCc1ccc2c(c1)oc(=O)c1cc(OC)c(OC)c(OC)c12. The van der Waals surface area contributed by atoms with Crippen LogP contribution >= 0.6 is 0 Å². The fourth-order valence-corrected chi connectivity index (χ4v) is 2.93. The fraction of sp³-hybridized carbons (Fsp3) is 0.316. The molecule has 0 fully saturated rings. The Kier molecular flexibility index (Phi) is 5.29. The summed E-state index contributed by atoms with van der Waals surface area (Å²) in [5.41, 5.74) is 0.810. The summed E-state index contributed by atoms with van der Waals surface area (Å²) in [6.45, 7) is 0.527. The molecule has 0 atom stereocenters. The molecule has 0 spiro atoms. The minimum atomic E-state index is -0.485. The minimum Gasteiger partial charge on any atom is -0.493 e. The van der Waals surface area contributed by atoms with Crippen LogP contribution in [0.2, 0.25) is 0 Å². The number of hydrogen-bond donors (Lipinski definition) is 0. The molecular weight excluding hydrogens is 340 g/mol. The van der Waals surface area contributed by atoms with Crippen LogP contribution in [0.3, 0.4) is 0 Å². The zero-order chi connectivity index (χ0) is 18.7. The quantitative estimate of drug-likeness (QED) is 0.277. The van der Waals surface area contributed by atoms with Crippen LogP contribution < -0.4 is 19.8 Å².